The van der Waals surface area contributed by atoms with Crippen LogP contribution < -0.4 is 5.32 Å². The molecule has 1 aromatic heterocycles. The quantitative estimate of drug-likeness (QED) is 0.842. The number of carbonyl (C=O) groups excluding carboxylic acids is 1. The Morgan fingerprint density at radius 1 is 1.44 bits per heavy atom. The molecule has 18 heavy (non-hydrogen) atoms. The summed E-state index contributed by atoms with van der Waals surface area (Å²) < 4.78 is 1.58. The molecular formula is C12H17N3O3. The Kier molecular flexibility index (Phi) is 3.36. The van der Waals surface area contributed by atoms with Gasteiger partial charge in [-0.1, -0.05) is 6.92 Å². The van der Waals surface area contributed by atoms with Crippen LogP contribution in [0.4, 0.5) is 5.82 Å². The average molecular weight is 251 g/mol. The molecule has 98 valence electrons. The molecule has 1 saturated carbocycles. The fourth-order valence-corrected chi connectivity index (χ4v) is 2.56. The Balaban J connectivity index is 2.06. The molecule has 0 spiro atoms. The molecule has 0 bridgehead atoms. The summed E-state index contributed by atoms with van der Waals surface area (Å²) in [7, 11) is 1.76. The number of hydrogen-bond acceptors (Lipinski definition) is 3. The van der Waals surface area contributed by atoms with Gasteiger partial charge in [-0.25, -0.2) is 0 Å². The first kappa shape index (κ1) is 12.6. The van der Waals surface area contributed by atoms with E-state index in [0.29, 0.717) is 18.7 Å². The van der Waals surface area contributed by atoms with E-state index < -0.39 is 17.8 Å². The molecule has 1 aromatic rings. The van der Waals surface area contributed by atoms with Gasteiger partial charge in [0.05, 0.1) is 11.8 Å². The van der Waals surface area contributed by atoms with E-state index in [1.807, 2.05) is 6.92 Å². The maximum atomic E-state index is 12.1. The Labute approximate surface area is 105 Å². The summed E-state index contributed by atoms with van der Waals surface area (Å²) in [6, 6.07) is 1.69. The second-order valence-corrected chi connectivity index (χ2v) is 4.99. The molecule has 1 aliphatic rings. The number of carbonyl (C=O) groups is 2. The van der Waals surface area contributed by atoms with E-state index in [-0.39, 0.29) is 11.8 Å². The number of aromatic nitrogens is 2. The lowest BCUT2D eigenvalue weighted by Crippen LogP contribution is -2.30. The second-order valence-electron chi connectivity index (χ2n) is 4.99. The van der Waals surface area contributed by atoms with Gasteiger partial charge in [0.25, 0.3) is 0 Å². The van der Waals surface area contributed by atoms with Crippen LogP contribution >= 0.6 is 0 Å². The third-order valence-corrected chi connectivity index (χ3v) is 3.42. The zero-order valence-corrected chi connectivity index (χ0v) is 10.5. The highest BCUT2D eigenvalue weighted by atomic mass is 16.4. The number of nitrogens with zero attached hydrogens (tertiary/aromatic N) is 2. The van der Waals surface area contributed by atoms with Crippen molar-refractivity contribution in [3.05, 3.63) is 12.3 Å². The van der Waals surface area contributed by atoms with Crippen LogP contribution in [0, 0.1) is 17.8 Å². The van der Waals surface area contributed by atoms with Gasteiger partial charge >= 0.3 is 5.97 Å². The summed E-state index contributed by atoms with van der Waals surface area (Å²) in [6.07, 6.45) is 2.91. The number of carboxylic acid groups (broad SMARTS) is 1. The van der Waals surface area contributed by atoms with Crippen LogP contribution in [0.25, 0.3) is 0 Å². The summed E-state index contributed by atoms with van der Waals surface area (Å²) in [5, 5.41) is 15.8. The predicted octanol–water partition coefficient (Wildman–Crippen LogP) is 1.11. The van der Waals surface area contributed by atoms with Gasteiger partial charge in [0.1, 0.15) is 0 Å². The standard InChI is InChI=1S/C12H17N3O3/c1-7-5-8(9(6-7)12(17)18)11(16)13-10-3-4-15(2)14-10/h3-4,7-9H,5-6H2,1-2H3,(H,17,18)(H,13,14,16)/t7?,8-,9+/m0/s1. The van der Waals surface area contributed by atoms with Crippen molar-refractivity contribution < 1.29 is 14.7 Å². The Morgan fingerprint density at radius 3 is 2.67 bits per heavy atom. The van der Waals surface area contributed by atoms with E-state index in [2.05, 4.69) is 10.4 Å². The summed E-state index contributed by atoms with van der Waals surface area (Å²) in [4.78, 5) is 23.2. The molecule has 0 aliphatic heterocycles. The Bertz CT molecular complexity index is 469. The van der Waals surface area contributed by atoms with Crippen molar-refractivity contribution in [1.29, 1.82) is 0 Å². The molecule has 2 N–H and O–H groups in total. The molecular weight excluding hydrogens is 234 g/mol. The lowest BCUT2D eigenvalue weighted by Gasteiger charge is -2.14. The normalized spacial score (nSPS) is 27.1. The average Bonchev–Trinajstić information content (AvgIpc) is 2.85. The number of carboxylic acids is 1. The van der Waals surface area contributed by atoms with Gasteiger partial charge in [0, 0.05) is 19.3 Å². The fraction of sp³-hybridized carbons (Fsp3) is 0.583. The molecule has 1 aliphatic carbocycles. The van der Waals surface area contributed by atoms with Crippen LogP contribution in [-0.4, -0.2) is 26.8 Å². The Morgan fingerprint density at radius 2 is 2.11 bits per heavy atom. The first-order valence-corrected chi connectivity index (χ1v) is 6.00. The first-order valence-electron chi connectivity index (χ1n) is 6.00. The lowest BCUT2D eigenvalue weighted by atomic mass is 9.95. The SMILES string of the molecule is CC1C[C@H](C(=O)Nc2ccn(C)n2)[C@H](C(=O)O)C1. The highest BCUT2D eigenvalue weighted by Gasteiger charge is 2.41. The molecule has 0 radical (unpaired) electrons. The second kappa shape index (κ2) is 4.80. The van der Waals surface area contributed by atoms with Crippen molar-refractivity contribution >= 4 is 17.7 Å². The summed E-state index contributed by atoms with van der Waals surface area (Å²) in [5.74, 6) is -1.44. The number of amides is 1. The van der Waals surface area contributed by atoms with Crippen LogP contribution in [0.15, 0.2) is 12.3 Å². The van der Waals surface area contributed by atoms with Crippen molar-refractivity contribution in [3.8, 4) is 0 Å². The van der Waals surface area contributed by atoms with Gasteiger partial charge in [-0.3, -0.25) is 14.3 Å². The topological polar surface area (TPSA) is 84.2 Å². The third-order valence-electron chi connectivity index (χ3n) is 3.42. The molecule has 6 heteroatoms. The van der Waals surface area contributed by atoms with E-state index in [0.717, 1.165) is 0 Å². The highest BCUT2D eigenvalue weighted by molar-refractivity contribution is 5.94. The largest absolute Gasteiger partial charge is 0.481 e. The number of nitrogens with one attached hydrogen (secondary N) is 1. The number of rotatable bonds is 3. The molecule has 0 saturated heterocycles. The first-order chi connectivity index (χ1) is 8.47. The van der Waals surface area contributed by atoms with Gasteiger partial charge in [0.15, 0.2) is 5.82 Å². The predicted molar refractivity (Wildman–Crippen MR) is 64.9 cm³/mol. The molecule has 2 rings (SSSR count). The highest BCUT2D eigenvalue weighted by Crippen LogP contribution is 2.36. The summed E-state index contributed by atoms with van der Waals surface area (Å²) >= 11 is 0. The van der Waals surface area contributed by atoms with Gasteiger partial charge < -0.3 is 10.4 Å². The fourth-order valence-electron chi connectivity index (χ4n) is 2.56. The van der Waals surface area contributed by atoms with E-state index in [9.17, 15) is 9.59 Å². The minimum atomic E-state index is -0.888. The molecule has 1 heterocycles. The number of hydrogen-bond donors (Lipinski definition) is 2. The van der Waals surface area contributed by atoms with E-state index in [4.69, 9.17) is 5.11 Å². The zero-order chi connectivity index (χ0) is 13.3. The van der Waals surface area contributed by atoms with Crippen LogP contribution in [0.3, 0.4) is 0 Å². The van der Waals surface area contributed by atoms with Gasteiger partial charge in [-0.2, -0.15) is 5.10 Å². The van der Waals surface area contributed by atoms with Crippen LogP contribution in [0.1, 0.15) is 19.8 Å². The smallest absolute Gasteiger partial charge is 0.307 e. The van der Waals surface area contributed by atoms with Gasteiger partial charge in [-0.15, -0.1) is 0 Å². The number of aryl methyl sites for hydroxylation is 1. The van der Waals surface area contributed by atoms with Gasteiger partial charge in [0.2, 0.25) is 5.91 Å². The van der Waals surface area contributed by atoms with Gasteiger partial charge in [-0.05, 0) is 18.8 Å². The zero-order valence-electron chi connectivity index (χ0n) is 10.5. The van der Waals surface area contributed by atoms with E-state index in [1.165, 1.54) is 0 Å². The maximum Gasteiger partial charge on any atom is 0.307 e. The van der Waals surface area contributed by atoms with E-state index in [1.54, 1.807) is 24.0 Å². The van der Waals surface area contributed by atoms with Crippen LogP contribution in [0.2, 0.25) is 0 Å². The summed E-state index contributed by atoms with van der Waals surface area (Å²) in [6.45, 7) is 1.98. The third kappa shape index (κ3) is 2.52. The molecule has 1 fully saturated rings. The van der Waals surface area contributed by atoms with Crippen molar-refractivity contribution in [3.63, 3.8) is 0 Å². The Hall–Kier alpha value is -1.85. The monoisotopic (exact) mass is 251 g/mol. The number of aliphatic carboxylic acids is 1. The molecule has 3 atom stereocenters. The van der Waals surface area contributed by atoms with E-state index >= 15 is 0 Å². The van der Waals surface area contributed by atoms with Crippen molar-refractivity contribution in [2.45, 2.75) is 19.8 Å². The maximum absolute atomic E-state index is 12.1. The molecule has 0 aromatic carbocycles. The summed E-state index contributed by atoms with van der Waals surface area (Å²) in [5.41, 5.74) is 0. The molecule has 1 amide bonds. The number of anilines is 1. The lowest BCUT2D eigenvalue weighted by molar-refractivity contribution is -0.145. The van der Waals surface area contributed by atoms with Crippen molar-refractivity contribution in [2.75, 3.05) is 5.32 Å². The molecule has 6 nitrogen and oxygen atoms in total. The van der Waals surface area contributed by atoms with Crippen LogP contribution in [0.5, 0.6) is 0 Å². The van der Waals surface area contributed by atoms with Crippen LogP contribution in [-0.2, 0) is 16.6 Å². The minimum Gasteiger partial charge on any atom is -0.481 e. The molecule has 1 unspecified atom stereocenters. The minimum absolute atomic E-state index is 0.245. The van der Waals surface area contributed by atoms with Crippen molar-refractivity contribution in [1.82, 2.24) is 9.78 Å². The van der Waals surface area contributed by atoms with Crippen molar-refractivity contribution in [2.24, 2.45) is 24.8 Å².